The molecular formula is C65H40N2S. The normalized spacial score (nSPS) is 13.1. The number of nitrogens with zero attached hydrogens (tertiary/aromatic N) is 2. The van der Waals surface area contributed by atoms with Crippen LogP contribution in [-0.4, -0.2) is 4.57 Å². The van der Waals surface area contributed by atoms with Crippen molar-refractivity contribution in [3.8, 4) is 39.1 Å². The first-order chi connectivity index (χ1) is 33.8. The maximum atomic E-state index is 2.55. The predicted molar refractivity (Wildman–Crippen MR) is 288 cm³/mol. The van der Waals surface area contributed by atoms with Crippen molar-refractivity contribution in [2.24, 2.45) is 0 Å². The van der Waals surface area contributed by atoms with Gasteiger partial charge in [0.1, 0.15) is 0 Å². The molecule has 0 unspecified atom stereocenters. The van der Waals surface area contributed by atoms with E-state index in [2.05, 4.69) is 252 Å². The summed E-state index contributed by atoms with van der Waals surface area (Å²) in [5.74, 6) is 0. The lowest BCUT2D eigenvalue weighted by Crippen LogP contribution is -2.26. The number of hydrogen-bond donors (Lipinski definition) is 0. The first-order valence-electron chi connectivity index (χ1n) is 23.5. The topological polar surface area (TPSA) is 8.17 Å². The SMILES string of the molecule is c1ccc(-n2c3cc(-c4ccc(N(c5cccc6c5-c5ccccc5C65c6ccccc6-c6ccccc65)c5cccc6c5sc5ccccc56)cc4)ccc3c3ccc4ccccc4c32)cc1. The lowest BCUT2D eigenvalue weighted by atomic mass is 9.70. The zero-order chi connectivity index (χ0) is 44.5. The minimum absolute atomic E-state index is 0.443. The molecule has 0 fully saturated rings. The molecule has 2 aliphatic carbocycles. The van der Waals surface area contributed by atoms with Crippen LogP contribution in [0.5, 0.6) is 0 Å². The third kappa shape index (κ3) is 5.06. The second-order valence-corrected chi connectivity index (χ2v) is 19.4. The molecule has 2 aliphatic rings. The van der Waals surface area contributed by atoms with Crippen LogP contribution in [0.15, 0.2) is 243 Å². The lowest BCUT2D eigenvalue weighted by Gasteiger charge is -2.32. The Kier molecular flexibility index (Phi) is 7.90. The number of para-hydroxylation sites is 1. The molecule has 0 N–H and O–H groups in total. The first-order valence-corrected chi connectivity index (χ1v) is 24.3. The monoisotopic (exact) mass is 880 g/mol. The van der Waals surface area contributed by atoms with Crippen molar-refractivity contribution in [3.05, 3.63) is 265 Å². The highest BCUT2D eigenvalue weighted by Crippen LogP contribution is 2.65. The Morgan fingerprint density at radius 2 is 0.971 bits per heavy atom. The lowest BCUT2D eigenvalue weighted by molar-refractivity contribution is 0.794. The van der Waals surface area contributed by atoms with Gasteiger partial charge in [-0.15, -0.1) is 11.3 Å². The molecule has 0 saturated heterocycles. The highest BCUT2D eigenvalue weighted by molar-refractivity contribution is 7.26. The van der Waals surface area contributed by atoms with E-state index in [4.69, 9.17) is 0 Å². The summed E-state index contributed by atoms with van der Waals surface area (Å²) in [7, 11) is 0. The van der Waals surface area contributed by atoms with E-state index in [9.17, 15) is 0 Å². The molecule has 1 spiro atoms. The van der Waals surface area contributed by atoms with Crippen LogP contribution in [-0.2, 0) is 5.41 Å². The summed E-state index contributed by atoms with van der Waals surface area (Å²) in [6, 6.07) is 90.5. The van der Waals surface area contributed by atoms with Crippen molar-refractivity contribution >= 4 is 81.1 Å². The number of anilines is 3. The van der Waals surface area contributed by atoms with Crippen LogP contribution in [0.2, 0.25) is 0 Å². The van der Waals surface area contributed by atoms with Gasteiger partial charge >= 0.3 is 0 Å². The number of fused-ring (bicyclic) bond motifs is 18. The van der Waals surface area contributed by atoms with E-state index >= 15 is 0 Å². The van der Waals surface area contributed by atoms with E-state index in [1.807, 2.05) is 11.3 Å². The number of hydrogen-bond acceptors (Lipinski definition) is 2. The van der Waals surface area contributed by atoms with Crippen LogP contribution in [0.25, 0.3) is 91.8 Å². The van der Waals surface area contributed by atoms with Crippen molar-refractivity contribution in [1.29, 1.82) is 0 Å². The molecular weight excluding hydrogens is 841 g/mol. The summed E-state index contributed by atoms with van der Waals surface area (Å²) in [6.07, 6.45) is 0. The average molecular weight is 881 g/mol. The van der Waals surface area contributed by atoms with Gasteiger partial charge in [0, 0.05) is 48.6 Å². The smallest absolute Gasteiger partial charge is 0.0726 e. The summed E-state index contributed by atoms with van der Waals surface area (Å²) in [5.41, 5.74) is 19.5. The standard InChI is InChI=1S/C65H40N2S/c1-2-17-44(18-3-1)67-60-40-43(35-38-49(60)51-39-34-42-16-4-5-19-46(42)63(51)67)41-32-36-45(37-33-41)66(59-30-14-24-52-50-22-9-13-31-61(50)68-64(52)59)58-29-15-28-57-62(58)53-23-8-12-27-56(53)65(57)54-25-10-6-20-47(54)48-21-7-11-26-55(48)65/h1-40H. The van der Waals surface area contributed by atoms with Crippen molar-refractivity contribution in [2.45, 2.75) is 5.41 Å². The molecule has 0 radical (unpaired) electrons. The predicted octanol–water partition coefficient (Wildman–Crippen LogP) is 17.8. The van der Waals surface area contributed by atoms with Gasteiger partial charge in [0.05, 0.1) is 32.5 Å². The van der Waals surface area contributed by atoms with Gasteiger partial charge in [0.25, 0.3) is 0 Å². The molecule has 2 aromatic heterocycles. The van der Waals surface area contributed by atoms with Gasteiger partial charge in [0.15, 0.2) is 0 Å². The largest absolute Gasteiger partial charge is 0.309 e. The summed E-state index contributed by atoms with van der Waals surface area (Å²) in [6.45, 7) is 0. The van der Waals surface area contributed by atoms with Crippen LogP contribution < -0.4 is 4.90 Å². The van der Waals surface area contributed by atoms with Gasteiger partial charge in [-0.2, -0.15) is 0 Å². The van der Waals surface area contributed by atoms with Gasteiger partial charge in [-0.25, -0.2) is 0 Å². The van der Waals surface area contributed by atoms with Crippen molar-refractivity contribution in [3.63, 3.8) is 0 Å². The zero-order valence-electron chi connectivity index (χ0n) is 36.9. The number of thiophene rings is 1. The second kappa shape index (κ2) is 14.3. The minimum atomic E-state index is -0.443. The van der Waals surface area contributed by atoms with Crippen LogP contribution in [0.1, 0.15) is 22.3 Å². The molecule has 11 aromatic carbocycles. The molecule has 316 valence electrons. The molecule has 68 heavy (non-hydrogen) atoms. The highest BCUT2D eigenvalue weighted by Gasteiger charge is 2.52. The Balaban J connectivity index is 0.955. The number of aromatic nitrogens is 1. The van der Waals surface area contributed by atoms with Gasteiger partial charge in [-0.1, -0.05) is 194 Å². The molecule has 0 bridgehead atoms. The fourth-order valence-corrected chi connectivity index (χ4v) is 13.4. The first kappa shape index (κ1) is 37.7. The van der Waals surface area contributed by atoms with E-state index in [1.54, 1.807) is 0 Å². The van der Waals surface area contributed by atoms with Gasteiger partial charge < -0.3 is 9.47 Å². The average Bonchev–Trinajstić information content (AvgIpc) is 4.14. The van der Waals surface area contributed by atoms with E-state index in [0.29, 0.717) is 0 Å². The molecule has 13 aromatic rings. The fourth-order valence-electron chi connectivity index (χ4n) is 12.2. The summed E-state index contributed by atoms with van der Waals surface area (Å²) in [4.78, 5) is 2.55. The third-order valence-electron chi connectivity index (χ3n) is 15.0. The van der Waals surface area contributed by atoms with Gasteiger partial charge in [0.2, 0.25) is 0 Å². The quantitative estimate of drug-likeness (QED) is 0.167. The molecule has 0 atom stereocenters. The van der Waals surface area contributed by atoms with Crippen LogP contribution in [0, 0.1) is 0 Å². The molecule has 0 aliphatic heterocycles. The summed E-state index contributed by atoms with van der Waals surface area (Å²) >= 11 is 1.88. The van der Waals surface area contributed by atoms with Gasteiger partial charge in [-0.05, 0) is 104 Å². The summed E-state index contributed by atoms with van der Waals surface area (Å²) < 4.78 is 5.03. The minimum Gasteiger partial charge on any atom is -0.309 e. The third-order valence-corrected chi connectivity index (χ3v) is 16.2. The van der Waals surface area contributed by atoms with E-state index in [1.165, 1.54) is 120 Å². The Morgan fingerprint density at radius 3 is 1.76 bits per heavy atom. The Hall–Kier alpha value is -8.50. The Labute approximate surface area is 397 Å². The van der Waals surface area contributed by atoms with Crippen molar-refractivity contribution in [1.82, 2.24) is 4.57 Å². The molecule has 0 saturated carbocycles. The molecule has 0 amide bonds. The van der Waals surface area contributed by atoms with Crippen LogP contribution in [0.4, 0.5) is 17.1 Å². The molecule has 2 nitrogen and oxygen atoms in total. The maximum Gasteiger partial charge on any atom is 0.0726 e. The van der Waals surface area contributed by atoms with Crippen molar-refractivity contribution in [2.75, 3.05) is 4.90 Å². The highest BCUT2D eigenvalue weighted by atomic mass is 32.1. The Bertz CT molecular complexity index is 4170. The number of rotatable bonds is 5. The fraction of sp³-hybridized carbons (Fsp3) is 0.0154. The maximum absolute atomic E-state index is 2.55. The molecule has 3 heteroatoms. The van der Waals surface area contributed by atoms with Crippen molar-refractivity contribution < 1.29 is 0 Å². The van der Waals surface area contributed by atoms with E-state index in [0.717, 1.165) is 11.4 Å². The van der Waals surface area contributed by atoms with Crippen LogP contribution in [0.3, 0.4) is 0 Å². The molecule has 15 rings (SSSR count). The van der Waals surface area contributed by atoms with Gasteiger partial charge in [-0.3, -0.25) is 0 Å². The Morgan fingerprint density at radius 1 is 0.382 bits per heavy atom. The zero-order valence-corrected chi connectivity index (χ0v) is 37.7. The second-order valence-electron chi connectivity index (χ2n) is 18.3. The summed E-state index contributed by atoms with van der Waals surface area (Å²) in [5, 5.41) is 7.59. The molecule has 2 heterocycles. The van der Waals surface area contributed by atoms with E-state index in [-0.39, 0.29) is 0 Å². The number of benzene rings is 11. The van der Waals surface area contributed by atoms with Crippen LogP contribution >= 0.6 is 11.3 Å². The van der Waals surface area contributed by atoms with E-state index < -0.39 is 5.41 Å².